The van der Waals surface area contributed by atoms with E-state index in [0.717, 1.165) is 6.07 Å². The van der Waals surface area contributed by atoms with E-state index in [1.165, 1.54) is 12.1 Å². The Bertz CT molecular complexity index is 559. The number of benzene rings is 1. The first-order valence-electron chi connectivity index (χ1n) is 6.36. The largest absolute Gasteiger partial charge is 0.573 e. The Morgan fingerprint density at radius 2 is 2.00 bits per heavy atom. The number of hydrogen-bond acceptors (Lipinski definition) is 4. The second kappa shape index (κ2) is 6.21. The summed E-state index contributed by atoms with van der Waals surface area (Å²) in [4.78, 5) is 11.5. The Balaban J connectivity index is 2.19. The van der Waals surface area contributed by atoms with Gasteiger partial charge in [-0.15, -0.1) is 13.2 Å². The van der Waals surface area contributed by atoms with Crippen LogP contribution in [0.1, 0.15) is 12.8 Å². The number of carbonyl (C=O) groups is 1. The molecule has 1 saturated heterocycles. The van der Waals surface area contributed by atoms with Gasteiger partial charge in [-0.2, -0.15) is 0 Å². The van der Waals surface area contributed by atoms with Crippen molar-refractivity contribution in [3.8, 4) is 5.75 Å². The van der Waals surface area contributed by atoms with Gasteiger partial charge in [0.2, 0.25) is 0 Å². The maximum Gasteiger partial charge on any atom is 0.573 e. The molecule has 0 aromatic heterocycles. The predicted octanol–water partition coefficient (Wildman–Crippen LogP) is 3.28. The van der Waals surface area contributed by atoms with Crippen molar-refractivity contribution in [3.63, 3.8) is 0 Å². The van der Waals surface area contributed by atoms with Crippen LogP contribution in [0, 0.1) is 0 Å². The van der Waals surface area contributed by atoms with E-state index in [1.807, 2.05) is 0 Å². The molecule has 1 aliphatic rings. The van der Waals surface area contributed by atoms with Crippen LogP contribution in [0.3, 0.4) is 0 Å². The van der Waals surface area contributed by atoms with E-state index in [4.69, 9.17) is 16.3 Å². The van der Waals surface area contributed by atoms with Gasteiger partial charge < -0.3 is 19.9 Å². The Morgan fingerprint density at radius 3 is 2.50 bits per heavy atom. The van der Waals surface area contributed by atoms with Crippen LogP contribution in [0.5, 0.6) is 5.75 Å². The van der Waals surface area contributed by atoms with E-state index in [1.54, 1.807) is 0 Å². The van der Waals surface area contributed by atoms with Crippen molar-refractivity contribution in [1.82, 2.24) is 0 Å². The zero-order valence-electron chi connectivity index (χ0n) is 11.2. The number of anilines is 1. The lowest BCUT2D eigenvalue weighted by atomic mass is 9.90. The monoisotopic (exact) mass is 339 g/mol. The van der Waals surface area contributed by atoms with E-state index in [9.17, 15) is 23.1 Å². The van der Waals surface area contributed by atoms with E-state index in [0.29, 0.717) is 5.69 Å². The van der Waals surface area contributed by atoms with Gasteiger partial charge in [0.15, 0.2) is 0 Å². The molecule has 0 saturated carbocycles. The van der Waals surface area contributed by atoms with Crippen LogP contribution in [-0.4, -0.2) is 36.2 Å². The number of nitrogens with one attached hydrogen (secondary N) is 1. The number of alkyl halides is 3. The van der Waals surface area contributed by atoms with E-state index in [2.05, 4.69) is 10.1 Å². The van der Waals surface area contributed by atoms with Crippen LogP contribution < -0.4 is 10.1 Å². The molecule has 0 spiro atoms. The second-order valence-electron chi connectivity index (χ2n) is 4.82. The summed E-state index contributed by atoms with van der Waals surface area (Å²) in [7, 11) is 0. The third-order valence-electron chi connectivity index (χ3n) is 3.30. The third-order valence-corrected chi connectivity index (χ3v) is 3.59. The number of aliphatic carboxylic acids is 1. The molecule has 2 N–H and O–H groups in total. The van der Waals surface area contributed by atoms with Crippen molar-refractivity contribution in [3.05, 3.63) is 23.2 Å². The molecular weight excluding hydrogens is 327 g/mol. The first-order chi connectivity index (χ1) is 10.2. The first-order valence-corrected chi connectivity index (χ1v) is 6.74. The summed E-state index contributed by atoms with van der Waals surface area (Å²) in [5.41, 5.74) is -0.933. The SMILES string of the molecule is O=C(O)C1(Nc2ccc(OC(F)(F)F)c(Cl)c2)CCOCC1. The van der Waals surface area contributed by atoms with Crippen molar-refractivity contribution >= 4 is 23.3 Å². The van der Waals surface area contributed by atoms with Crippen molar-refractivity contribution in [2.75, 3.05) is 18.5 Å². The smallest absolute Gasteiger partial charge is 0.480 e. The highest BCUT2D eigenvalue weighted by Crippen LogP contribution is 2.34. The number of ether oxygens (including phenoxy) is 2. The van der Waals surface area contributed by atoms with Crippen LogP contribution in [0.15, 0.2) is 18.2 Å². The van der Waals surface area contributed by atoms with E-state index >= 15 is 0 Å². The number of halogens is 4. The standard InChI is InChI=1S/C13H13ClF3NO4/c14-9-7-8(1-2-10(9)22-13(15,16)17)18-12(11(19)20)3-5-21-6-4-12/h1-2,7,18H,3-6H2,(H,19,20). The summed E-state index contributed by atoms with van der Waals surface area (Å²) in [5.74, 6) is -1.60. The molecule has 9 heteroatoms. The minimum absolute atomic E-state index is 0.237. The number of rotatable bonds is 4. The molecule has 2 rings (SSSR count). The molecule has 1 aromatic carbocycles. The highest BCUT2D eigenvalue weighted by atomic mass is 35.5. The summed E-state index contributed by atoms with van der Waals surface area (Å²) < 4.78 is 45.4. The van der Waals surface area contributed by atoms with Crippen LogP contribution in [0.4, 0.5) is 18.9 Å². The minimum atomic E-state index is -4.85. The van der Waals surface area contributed by atoms with Crippen molar-refractivity contribution in [2.24, 2.45) is 0 Å². The lowest BCUT2D eigenvalue weighted by molar-refractivity contribution is -0.274. The average molecular weight is 340 g/mol. The van der Waals surface area contributed by atoms with Gasteiger partial charge >= 0.3 is 12.3 Å². The molecule has 5 nitrogen and oxygen atoms in total. The van der Waals surface area contributed by atoms with Gasteiger partial charge in [-0.25, -0.2) is 4.79 Å². The fourth-order valence-electron chi connectivity index (χ4n) is 2.17. The third kappa shape index (κ3) is 3.95. The normalized spacial score (nSPS) is 17.8. The molecule has 0 aliphatic carbocycles. The Kier molecular flexibility index (Phi) is 4.72. The van der Waals surface area contributed by atoms with Crippen LogP contribution in [-0.2, 0) is 9.53 Å². The van der Waals surface area contributed by atoms with Gasteiger partial charge in [-0.3, -0.25) is 0 Å². The highest BCUT2D eigenvalue weighted by Gasteiger charge is 2.40. The Morgan fingerprint density at radius 1 is 1.36 bits per heavy atom. The van der Waals surface area contributed by atoms with Gasteiger partial charge in [-0.1, -0.05) is 11.6 Å². The maximum atomic E-state index is 12.2. The Hall–Kier alpha value is -1.67. The van der Waals surface area contributed by atoms with Gasteiger partial charge in [0.05, 0.1) is 5.02 Å². The van der Waals surface area contributed by atoms with E-state index < -0.39 is 23.6 Å². The average Bonchev–Trinajstić information content (AvgIpc) is 2.41. The van der Waals surface area contributed by atoms with Crippen molar-refractivity contribution in [2.45, 2.75) is 24.7 Å². The summed E-state index contributed by atoms with van der Waals surface area (Å²) in [6.45, 7) is 0.560. The topological polar surface area (TPSA) is 67.8 Å². The number of hydrogen-bond donors (Lipinski definition) is 2. The fraction of sp³-hybridized carbons (Fsp3) is 0.462. The maximum absolute atomic E-state index is 12.2. The molecule has 0 atom stereocenters. The van der Waals surface area contributed by atoms with Crippen LogP contribution in [0.2, 0.25) is 5.02 Å². The van der Waals surface area contributed by atoms with E-state index in [-0.39, 0.29) is 31.1 Å². The van der Waals surface area contributed by atoms with Gasteiger partial charge in [0.25, 0.3) is 0 Å². The molecule has 0 bridgehead atoms. The van der Waals surface area contributed by atoms with Gasteiger partial charge in [-0.05, 0) is 18.2 Å². The van der Waals surface area contributed by atoms with Crippen molar-refractivity contribution in [1.29, 1.82) is 0 Å². The molecule has 0 unspecified atom stereocenters. The van der Waals surface area contributed by atoms with Crippen LogP contribution in [0.25, 0.3) is 0 Å². The molecule has 122 valence electrons. The summed E-state index contributed by atoms with van der Waals surface area (Å²) in [6, 6.07) is 3.52. The lowest BCUT2D eigenvalue weighted by Gasteiger charge is -2.34. The molecule has 0 radical (unpaired) electrons. The summed E-state index contributed by atoms with van der Waals surface area (Å²) in [6.07, 6.45) is -4.37. The van der Waals surface area contributed by atoms with Crippen molar-refractivity contribution < 1.29 is 32.5 Å². The lowest BCUT2D eigenvalue weighted by Crippen LogP contribution is -2.50. The molecular formula is C13H13ClF3NO4. The Labute approximate surface area is 129 Å². The molecule has 1 aromatic rings. The molecule has 1 heterocycles. The molecule has 0 amide bonds. The molecule has 22 heavy (non-hydrogen) atoms. The van der Waals surface area contributed by atoms with Gasteiger partial charge in [0.1, 0.15) is 11.3 Å². The molecule has 1 fully saturated rings. The predicted molar refractivity (Wildman–Crippen MR) is 72.2 cm³/mol. The van der Waals surface area contributed by atoms with Crippen LogP contribution >= 0.6 is 11.6 Å². The number of carboxylic acids is 1. The highest BCUT2D eigenvalue weighted by molar-refractivity contribution is 6.32. The number of carboxylic acid groups (broad SMARTS) is 1. The summed E-state index contributed by atoms with van der Waals surface area (Å²) in [5, 5.41) is 12.0. The second-order valence-corrected chi connectivity index (χ2v) is 5.22. The fourth-order valence-corrected chi connectivity index (χ4v) is 2.39. The zero-order chi connectivity index (χ0) is 16.4. The first kappa shape index (κ1) is 16.7. The summed E-state index contributed by atoms with van der Waals surface area (Å²) >= 11 is 5.74. The zero-order valence-corrected chi connectivity index (χ0v) is 12.0. The quantitative estimate of drug-likeness (QED) is 0.881. The molecule has 1 aliphatic heterocycles. The minimum Gasteiger partial charge on any atom is -0.480 e. The van der Waals surface area contributed by atoms with Gasteiger partial charge in [0, 0.05) is 31.7 Å².